The van der Waals surface area contributed by atoms with Gasteiger partial charge in [-0.2, -0.15) is 0 Å². The van der Waals surface area contributed by atoms with Crippen molar-refractivity contribution < 1.29 is 14.7 Å². The van der Waals surface area contributed by atoms with Gasteiger partial charge in [0.05, 0.1) is 11.3 Å². The number of hydrogen-bond acceptors (Lipinski definition) is 4. The van der Waals surface area contributed by atoms with E-state index >= 15 is 0 Å². The second-order valence-corrected chi connectivity index (χ2v) is 5.17. The standard InChI is InChI=1S/C14H19N3O3/c15-11-5-1-4-10(13(11)19)14(20)17-6-2-3-9(8-17)7-12(16)18/h1,4-5,9,19H,2-3,6-8,15H2,(H2,16,18). The molecule has 0 aliphatic carbocycles. The molecule has 0 bridgehead atoms. The van der Waals surface area contributed by atoms with Gasteiger partial charge in [0.15, 0.2) is 5.75 Å². The summed E-state index contributed by atoms with van der Waals surface area (Å²) in [6, 6.07) is 4.72. The molecule has 1 aromatic carbocycles. The molecule has 1 fully saturated rings. The lowest BCUT2D eigenvalue weighted by Crippen LogP contribution is -2.41. The van der Waals surface area contributed by atoms with E-state index in [1.807, 2.05) is 0 Å². The number of carbonyl (C=O) groups is 2. The molecule has 2 rings (SSSR count). The molecular formula is C14H19N3O3. The van der Waals surface area contributed by atoms with Crippen molar-refractivity contribution in [2.24, 2.45) is 11.7 Å². The normalized spacial score (nSPS) is 18.8. The number of primary amides is 1. The minimum atomic E-state index is -0.351. The molecule has 5 N–H and O–H groups in total. The number of phenolic OH excluding ortho intramolecular Hbond substituents is 1. The summed E-state index contributed by atoms with van der Waals surface area (Å²) < 4.78 is 0. The van der Waals surface area contributed by atoms with Crippen LogP contribution in [-0.2, 0) is 4.79 Å². The Hall–Kier alpha value is -2.24. The van der Waals surface area contributed by atoms with E-state index < -0.39 is 0 Å². The number of anilines is 1. The van der Waals surface area contributed by atoms with Crippen molar-refractivity contribution in [3.05, 3.63) is 23.8 Å². The smallest absolute Gasteiger partial charge is 0.257 e. The summed E-state index contributed by atoms with van der Waals surface area (Å²) in [6.07, 6.45) is 2.00. The fourth-order valence-electron chi connectivity index (χ4n) is 2.60. The Kier molecular flexibility index (Phi) is 4.12. The first-order valence-corrected chi connectivity index (χ1v) is 6.64. The molecule has 20 heavy (non-hydrogen) atoms. The summed E-state index contributed by atoms with van der Waals surface area (Å²) in [6.45, 7) is 1.10. The molecule has 1 atom stereocenters. The zero-order chi connectivity index (χ0) is 14.7. The summed E-state index contributed by atoms with van der Waals surface area (Å²) in [5.41, 5.74) is 11.2. The molecule has 6 nitrogen and oxygen atoms in total. The van der Waals surface area contributed by atoms with Gasteiger partial charge in [-0.15, -0.1) is 0 Å². The molecule has 0 saturated carbocycles. The van der Waals surface area contributed by atoms with Gasteiger partial charge < -0.3 is 21.5 Å². The van der Waals surface area contributed by atoms with Crippen LogP contribution in [0.5, 0.6) is 5.75 Å². The molecule has 1 aliphatic heterocycles. The van der Waals surface area contributed by atoms with Gasteiger partial charge in [0, 0.05) is 19.5 Å². The molecule has 0 radical (unpaired) electrons. The van der Waals surface area contributed by atoms with Crippen LogP contribution in [0.4, 0.5) is 5.69 Å². The Labute approximate surface area is 117 Å². The van der Waals surface area contributed by atoms with Crippen molar-refractivity contribution in [1.29, 1.82) is 0 Å². The number of nitrogens with two attached hydrogens (primary N) is 2. The summed E-state index contributed by atoms with van der Waals surface area (Å²) in [7, 11) is 0. The molecule has 1 saturated heterocycles. The summed E-state index contributed by atoms with van der Waals surface area (Å²) >= 11 is 0. The Morgan fingerprint density at radius 3 is 2.85 bits per heavy atom. The summed E-state index contributed by atoms with van der Waals surface area (Å²) in [5.74, 6) is -0.706. The van der Waals surface area contributed by atoms with Crippen LogP contribution in [0.25, 0.3) is 0 Å². The van der Waals surface area contributed by atoms with E-state index in [0.29, 0.717) is 13.1 Å². The minimum Gasteiger partial charge on any atom is -0.505 e. The van der Waals surface area contributed by atoms with Crippen molar-refractivity contribution in [3.8, 4) is 5.75 Å². The molecule has 1 heterocycles. The predicted octanol–water partition coefficient (Wildman–Crippen LogP) is 0.702. The number of phenols is 1. The zero-order valence-corrected chi connectivity index (χ0v) is 11.2. The molecule has 108 valence electrons. The van der Waals surface area contributed by atoms with E-state index in [1.54, 1.807) is 17.0 Å². The fourth-order valence-corrected chi connectivity index (χ4v) is 2.60. The van der Waals surface area contributed by atoms with Crippen molar-refractivity contribution in [2.75, 3.05) is 18.8 Å². The van der Waals surface area contributed by atoms with Crippen molar-refractivity contribution >= 4 is 17.5 Å². The van der Waals surface area contributed by atoms with E-state index in [0.717, 1.165) is 12.8 Å². The SMILES string of the molecule is NC(=O)CC1CCCN(C(=O)c2cccc(N)c2O)C1. The number of para-hydroxylation sites is 1. The van der Waals surface area contributed by atoms with Crippen molar-refractivity contribution in [1.82, 2.24) is 4.90 Å². The second-order valence-electron chi connectivity index (χ2n) is 5.17. The minimum absolute atomic E-state index is 0.0911. The Morgan fingerprint density at radius 2 is 2.15 bits per heavy atom. The molecule has 1 aromatic rings. The summed E-state index contributed by atoms with van der Waals surface area (Å²) in [4.78, 5) is 25.0. The maximum Gasteiger partial charge on any atom is 0.257 e. The lowest BCUT2D eigenvalue weighted by Gasteiger charge is -2.32. The maximum absolute atomic E-state index is 12.4. The number of nitrogen functional groups attached to an aromatic ring is 1. The first kappa shape index (κ1) is 14.2. The topological polar surface area (TPSA) is 110 Å². The predicted molar refractivity (Wildman–Crippen MR) is 75.0 cm³/mol. The average molecular weight is 277 g/mol. The van der Waals surface area contributed by atoms with Crippen LogP contribution in [-0.4, -0.2) is 34.9 Å². The molecule has 1 unspecified atom stereocenters. The van der Waals surface area contributed by atoms with Gasteiger partial charge in [0.25, 0.3) is 5.91 Å². The van der Waals surface area contributed by atoms with E-state index in [2.05, 4.69) is 0 Å². The molecule has 0 aromatic heterocycles. The highest BCUT2D eigenvalue weighted by Gasteiger charge is 2.27. The molecule has 6 heteroatoms. The van der Waals surface area contributed by atoms with Crippen LogP contribution in [0.1, 0.15) is 29.6 Å². The highest BCUT2D eigenvalue weighted by molar-refractivity contribution is 5.98. The van der Waals surface area contributed by atoms with Gasteiger partial charge in [-0.05, 0) is 30.9 Å². The highest BCUT2D eigenvalue weighted by Crippen LogP contribution is 2.28. The van der Waals surface area contributed by atoms with Crippen LogP contribution in [0.15, 0.2) is 18.2 Å². The number of aromatic hydroxyl groups is 1. The third-order valence-electron chi connectivity index (χ3n) is 3.59. The number of nitrogens with zero attached hydrogens (tertiary/aromatic N) is 1. The first-order chi connectivity index (χ1) is 9.49. The number of hydrogen-bond donors (Lipinski definition) is 3. The number of likely N-dealkylation sites (tertiary alicyclic amines) is 1. The van der Waals surface area contributed by atoms with Crippen molar-refractivity contribution in [3.63, 3.8) is 0 Å². The van der Waals surface area contributed by atoms with Crippen LogP contribution < -0.4 is 11.5 Å². The van der Waals surface area contributed by atoms with Gasteiger partial charge in [-0.25, -0.2) is 0 Å². The zero-order valence-electron chi connectivity index (χ0n) is 11.2. The van der Waals surface area contributed by atoms with E-state index in [9.17, 15) is 14.7 Å². The largest absolute Gasteiger partial charge is 0.505 e. The Balaban J connectivity index is 2.12. The van der Waals surface area contributed by atoms with Gasteiger partial charge >= 0.3 is 0 Å². The van der Waals surface area contributed by atoms with Crippen LogP contribution >= 0.6 is 0 Å². The first-order valence-electron chi connectivity index (χ1n) is 6.64. The maximum atomic E-state index is 12.4. The van der Waals surface area contributed by atoms with Crippen LogP contribution in [0, 0.1) is 5.92 Å². The van der Waals surface area contributed by atoms with E-state index in [-0.39, 0.29) is 41.2 Å². The molecule has 1 aliphatic rings. The van der Waals surface area contributed by atoms with Crippen molar-refractivity contribution in [2.45, 2.75) is 19.3 Å². The van der Waals surface area contributed by atoms with E-state index in [1.165, 1.54) is 6.07 Å². The monoisotopic (exact) mass is 277 g/mol. The lowest BCUT2D eigenvalue weighted by atomic mass is 9.94. The van der Waals surface area contributed by atoms with Gasteiger partial charge in [-0.3, -0.25) is 9.59 Å². The highest BCUT2D eigenvalue weighted by atomic mass is 16.3. The van der Waals surface area contributed by atoms with E-state index in [4.69, 9.17) is 11.5 Å². The molecule has 2 amide bonds. The number of benzene rings is 1. The third-order valence-corrected chi connectivity index (χ3v) is 3.59. The average Bonchev–Trinajstić information content (AvgIpc) is 2.41. The van der Waals surface area contributed by atoms with Gasteiger partial charge in [0.1, 0.15) is 0 Å². The summed E-state index contributed by atoms with van der Waals surface area (Å²) in [5, 5.41) is 9.86. The van der Waals surface area contributed by atoms with Crippen LogP contribution in [0.2, 0.25) is 0 Å². The molecule has 0 spiro atoms. The molecular weight excluding hydrogens is 258 g/mol. The lowest BCUT2D eigenvalue weighted by molar-refractivity contribution is -0.119. The van der Waals surface area contributed by atoms with Gasteiger partial charge in [0.2, 0.25) is 5.91 Å². The fraction of sp³-hybridized carbons (Fsp3) is 0.429. The third kappa shape index (κ3) is 3.01. The Morgan fingerprint density at radius 1 is 1.40 bits per heavy atom. The quantitative estimate of drug-likeness (QED) is 0.558. The second kappa shape index (κ2) is 5.81. The van der Waals surface area contributed by atoms with Crippen LogP contribution in [0.3, 0.4) is 0 Å². The Bertz CT molecular complexity index is 530. The number of rotatable bonds is 3. The number of carbonyl (C=O) groups excluding carboxylic acids is 2. The number of piperidine rings is 1. The van der Waals surface area contributed by atoms with Gasteiger partial charge in [-0.1, -0.05) is 6.07 Å². The number of amides is 2.